The monoisotopic (exact) mass is 220 g/mol. The van der Waals surface area contributed by atoms with Crippen molar-refractivity contribution in [3.05, 3.63) is 0 Å². The highest BCUT2D eigenvalue weighted by Gasteiger charge is 1.98. The van der Waals surface area contributed by atoms with E-state index in [2.05, 4.69) is 0 Å². The first kappa shape index (κ1) is 14.8. The Balaban J connectivity index is 2.92. The maximum Gasteiger partial charge on any atom is 0.154 e. The summed E-state index contributed by atoms with van der Waals surface area (Å²) in [5, 5.41) is 9.08. The van der Waals surface area contributed by atoms with E-state index in [9.17, 15) is 0 Å². The highest BCUT2D eigenvalue weighted by Crippen LogP contribution is 1.94. The van der Waals surface area contributed by atoms with E-state index in [0.29, 0.717) is 19.6 Å². The summed E-state index contributed by atoms with van der Waals surface area (Å²) < 4.78 is 15.6. The number of hydrogen-bond acceptors (Lipinski definition) is 4. The quantitative estimate of drug-likeness (QED) is 0.424. The Labute approximate surface area is 92.5 Å². The minimum absolute atomic E-state index is 0.556. The van der Waals surface area contributed by atoms with Crippen molar-refractivity contribution in [3.8, 4) is 0 Å². The van der Waals surface area contributed by atoms with Gasteiger partial charge < -0.3 is 19.3 Å². The van der Waals surface area contributed by atoms with Crippen LogP contribution in [0.25, 0.3) is 0 Å². The third-order valence-corrected chi connectivity index (χ3v) is 1.87. The Bertz CT molecular complexity index is 119. The van der Waals surface area contributed by atoms with Crippen LogP contribution in [0.2, 0.25) is 0 Å². The first-order valence-corrected chi connectivity index (χ1v) is 5.76. The Morgan fingerprint density at radius 1 is 0.933 bits per heavy atom. The molecular formula is C11H24O4. The van der Waals surface area contributed by atoms with Crippen LogP contribution >= 0.6 is 0 Å². The molecule has 0 fully saturated rings. The molecule has 1 N–H and O–H groups in total. The zero-order chi connectivity index (χ0) is 11.4. The van der Waals surface area contributed by atoms with Crippen LogP contribution in [0, 0.1) is 0 Å². The smallest absolute Gasteiger partial charge is 0.154 e. The normalized spacial score (nSPS) is 13.0. The van der Waals surface area contributed by atoms with Gasteiger partial charge in [0, 0.05) is 26.4 Å². The van der Waals surface area contributed by atoms with Crippen molar-refractivity contribution in [1.82, 2.24) is 0 Å². The number of ether oxygens (including phenoxy) is 3. The van der Waals surface area contributed by atoms with E-state index < -0.39 is 6.29 Å². The van der Waals surface area contributed by atoms with Gasteiger partial charge >= 0.3 is 0 Å². The highest BCUT2D eigenvalue weighted by molar-refractivity contribution is 4.39. The van der Waals surface area contributed by atoms with E-state index in [4.69, 9.17) is 19.3 Å². The first-order valence-electron chi connectivity index (χ1n) is 5.76. The van der Waals surface area contributed by atoms with Crippen LogP contribution in [0.1, 0.15) is 33.1 Å². The summed E-state index contributed by atoms with van der Waals surface area (Å²) in [6, 6.07) is 0. The van der Waals surface area contributed by atoms with Gasteiger partial charge in [-0.1, -0.05) is 6.92 Å². The fourth-order valence-corrected chi connectivity index (χ4v) is 1.01. The van der Waals surface area contributed by atoms with Gasteiger partial charge in [0.2, 0.25) is 0 Å². The zero-order valence-corrected chi connectivity index (χ0v) is 9.91. The molecule has 0 aliphatic rings. The molecule has 92 valence electrons. The number of rotatable bonds is 11. The molecule has 1 atom stereocenters. The topological polar surface area (TPSA) is 47.9 Å². The van der Waals surface area contributed by atoms with Crippen LogP contribution in [-0.2, 0) is 14.2 Å². The average Bonchev–Trinajstić information content (AvgIpc) is 2.26. The summed E-state index contributed by atoms with van der Waals surface area (Å²) >= 11 is 0. The largest absolute Gasteiger partial charge is 0.382 e. The number of aliphatic hydroxyl groups is 1. The van der Waals surface area contributed by atoms with E-state index in [1.54, 1.807) is 0 Å². The fraction of sp³-hybridized carbons (Fsp3) is 1.00. The van der Waals surface area contributed by atoms with Crippen LogP contribution in [0.4, 0.5) is 0 Å². The number of hydrogen-bond donors (Lipinski definition) is 1. The first-order chi connectivity index (χ1) is 7.31. The lowest BCUT2D eigenvalue weighted by molar-refractivity contribution is -0.104. The van der Waals surface area contributed by atoms with E-state index in [1.807, 2.05) is 13.8 Å². The van der Waals surface area contributed by atoms with Crippen molar-refractivity contribution in [3.63, 3.8) is 0 Å². The van der Waals surface area contributed by atoms with E-state index in [1.165, 1.54) is 0 Å². The lowest BCUT2D eigenvalue weighted by atomic mass is 10.4. The van der Waals surface area contributed by atoms with Gasteiger partial charge in [-0.25, -0.2) is 0 Å². The van der Waals surface area contributed by atoms with Crippen LogP contribution in [0.5, 0.6) is 0 Å². The lowest BCUT2D eigenvalue weighted by Gasteiger charge is -2.09. The molecular weight excluding hydrogens is 196 g/mol. The zero-order valence-electron chi connectivity index (χ0n) is 9.91. The van der Waals surface area contributed by atoms with Crippen LogP contribution < -0.4 is 0 Å². The number of aliphatic hydroxyl groups excluding tert-OH is 1. The lowest BCUT2D eigenvalue weighted by Crippen LogP contribution is -2.12. The molecule has 0 heterocycles. The molecule has 0 spiro atoms. The predicted molar refractivity (Wildman–Crippen MR) is 58.8 cm³/mol. The van der Waals surface area contributed by atoms with Gasteiger partial charge in [-0.15, -0.1) is 0 Å². The van der Waals surface area contributed by atoms with Gasteiger partial charge in [0.1, 0.15) is 0 Å². The summed E-state index contributed by atoms with van der Waals surface area (Å²) in [7, 11) is 0. The molecule has 0 radical (unpaired) electrons. The SMILES string of the molecule is CCOCCCOCCCOC(O)CC. The van der Waals surface area contributed by atoms with Gasteiger partial charge in [0.15, 0.2) is 6.29 Å². The summed E-state index contributed by atoms with van der Waals surface area (Å²) in [6.07, 6.45) is 1.77. The van der Waals surface area contributed by atoms with Crippen LogP contribution in [-0.4, -0.2) is 44.4 Å². The second-order valence-corrected chi connectivity index (χ2v) is 3.25. The van der Waals surface area contributed by atoms with E-state index in [0.717, 1.165) is 32.7 Å². The highest BCUT2D eigenvalue weighted by atomic mass is 16.6. The molecule has 0 rings (SSSR count). The molecule has 0 aliphatic carbocycles. The molecule has 0 aromatic carbocycles. The minimum Gasteiger partial charge on any atom is -0.382 e. The Morgan fingerprint density at radius 2 is 1.53 bits per heavy atom. The van der Waals surface area contributed by atoms with Crippen molar-refractivity contribution in [2.24, 2.45) is 0 Å². The van der Waals surface area contributed by atoms with E-state index >= 15 is 0 Å². The second kappa shape index (κ2) is 11.9. The fourth-order valence-electron chi connectivity index (χ4n) is 1.01. The maximum absolute atomic E-state index is 9.08. The van der Waals surface area contributed by atoms with Gasteiger partial charge in [0.25, 0.3) is 0 Å². The van der Waals surface area contributed by atoms with Crippen molar-refractivity contribution in [1.29, 1.82) is 0 Å². The molecule has 1 unspecified atom stereocenters. The summed E-state index contributed by atoms with van der Waals surface area (Å²) in [4.78, 5) is 0. The van der Waals surface area contributed by atoms with Crippen LogP contribution in [0.3, 0.4) is 0 Å². The van der Waals surface area contributed by atoms with Gasteiger partial charge in [-0.3, -0.25) is 0 Å². The molecule has 0 aromatic rings. The van der Waals surface area contributed by atoms with Crippen molar-refractivity contribution < 1.29 is 19.3 Å². The summed E-state index contributed by atoms with van der Waals surface area (Å²) in [6.45, 7) is 7.37. The molecule has 15 heavy (non-hydrogen) atoms. The minimum atomic E-state index is -0.622. The average molecular weight is 220 g/mol. The van der Waals surface area contributed by atoms with Gasteiger partial charge in [-0.05, 0) is 26.2 Å². The molecule has 0 amide bonds. The second-order valence-electron chi connectivity index (χ2n) is 3.25. The third-order valence-electron chi connectivity index (χ3n) is 1.87. The molecule has 4 nitrogen and oxygen atoms in total. The summed E-state index contributed by atoms with van der Waals surface area (Å²) in [5.74, 6) is 0. The van der Waals surface area contributed by atoms with Gasteiger partial charge in [0.05, 0.1) is 6.61 Å². The summed E-state index contributed by atoms with van der Waals surface area (Å²) in [5.41, 5.74) is 0. The molecule has 0 aliphatic heterocycles. The maximum atomic E-state index is 9.08. The predicted octanol–water partition coefficient (Wildman–Crippen LogP) is 1.56. The Kier molecular flexibility index (Phi) is 11.8. The van der Waals surface area contributed by atoms with Crippen molar-refractivity contribution in [2.75, 3.05) is 33.0 Å². The van der Waals surface area contributed by atoms with E-state index in [-0.39, 0.29) is 0 Å². The Morgan fingerprint density at radius 3 is 2.13 bits per heavy atom. The van der Waals surface area contributed by atoms with Crippen molar-refractivity contribution in [2.45, 2.75) is 39.4 Å². The third kappa shape index (κ3) is 11.8. The molecule has 0 saturated heterocycles. The molecule has 0 saturated carbocycles. The molecule has 0 aromatic heterocycles. The molecule has 0 bridgehead atoms. The van der Waals surface area contributed by atoms with Gasteiger partial charge in [-0.2, -0.15) is 0 Å². The molecule has 4 heteroatoms. The van der Waals surface area contributed by atoms with Crippen molar-refractivity contribution >= 4 is 0 Å². The Hall–Kier alpha value is -0.160. The van der Waals surface area contributed by atoms with Crippen LogP contribution in [0.15, 0.2) is 0 Å². The standard InChI is InChI=1S/C11H24O4/c1-3-11(12)15-10-6-9-14-8-5-7-13-4-2/h11-12H,3-10H2,1-2H3.